The quantitative estimate of drug-likeness (QED) is 0.126. The lowest BCUT2D eigenvalue weighted by Crippen LogP contribution is -2.61. The lowest BCUT2D eigenvalue weighted by Gasteiger charge is -2.42. The number of hydrogen-bond donors (Lipinski definition) is 2. The Bertz CT molecular complexity index is 1020. The molecule has 0 saturated carbocycles. The highest BCUT2D eigenvalue weighted by atomic mass is 16.7. The molecule has 1 aliphatic heterocycles. The average Bonchev–Trinajstić information content (AvgIpc) is 2.80. The second-order valence-corrected chi connectivity index (χ2v) is 7.85. The van der Waals surface area contributed by atoms with Crippen molar-refractivity contribution in [1.29, 1.82) is 0 Å². The fourth-order valence-corrected chi connectivity index (χ4v) is 3.45. The maximum atomic E-state index is 11.6. The zero-order valence-corrected chi connectivity index (χ0v) is 20.2. The van der Waals surface area contributed by atoms with Crippen molar-refractivity contribution in [3.63, 3.8) is 0 Å². The SMILES string of the molecule is CC(=O)OC[C@H]1O[C@@H](OCCCNc2ccc([N+](=O)[O-])cc2[N+](=O)[O-])[C@H](OC(C)=O)[C@@H](O)[C@@H]1OC(C)=O. The molecule has 0 amide bonds. The monoisotopic (exact) mass is 529 g/mol. The third kappa shape index (κ3) is 8.62. The summed E-state index contributed by atoms with van der Waals surface area (Å²) in [6, 6.07) is 3.17. The molecule has 1 fully saturated rings. The minimum atomic E-state index is -1.58. The largest absolute Gasteiger partial charge is 0.463 e. The van der Waals surface area contributed by atoms with Crippen LogP contribution in [-0.4, -0.2) is 83.3 Å². The Kier molecular flexibility index (Phi) is 10.6. The molecule has 2 rings (SSSR count). The molecule has 0 aliphatic carbocycles. The summed E-state index contributed by atoms with van der Waals surface area (Å²) in [5.41, 5.74) is -0.850. The fourth-order valence-electron chi connectivity index (χ4n) is 3.45. The van der Waals surface area contributed by atoms with Gasteiger partial charge in [0, 0.05) is 33.4 Å². The number of aliphatic hydroxyl groups is 1. The molecule has 0 unspecified atom stereocenters. The van der Waals surface area contributed by atoms with Gasteiger partial charge in [-0.25, -0.2) is 0 Å². The molecule has 16 nitrogen and oxygen atoms in total. The van der Waals surface area contributed by atoms with Crippen LogP contribution in [0.3, 0.4) is 0 Å². The number of rotatable bonds is 12. The molecular formula is C21H27N3O13. The van der Waals surface area contributed by atoms with Crippen LogP contribution in [-0.2, 0) is 38.1 Å². The van der Waals surface area contributed by atoms with Crippen LogP contribution in [0.15, 0.2) is 18.2 Å². The van der Waals surface area contributed by atoms with Gasteiger partial charge in [-0.2, -0.15) is 0 Å². The highest BCUT2D eigenvalue weighted by Crippen LogP contribution is 2.29. The summed E-state index contributed by atoms with van der Waals surface area (Å²) in [6.07, 6.45) is -6.53. The van der Waals surface area contributed by atoms with Gasteiger partial charge in [-0.1, -0.05) is 0 Å². The molecule has 0 radical (unpaired) electrons. The fraction of sp³-hybridized carbons (Fsp3) is 0.571. The van der Waals surface area contributed by atoms with Gasteiger partial charge >= 0.3 is 17.9 Å². The molecule has 1 saturated heterocycles. The molecule has 0 aromatic heterocycles. The molecule has 1 aromatic carbocycles. The van der Waals surface area contributed by atoms with Crippen LogP contribution >= 0.6 is 0 Å². The highest BCUT2D eigenvalue weighted by Gasteiger charge is 2.50. The van der Waals surface area contributed by atoms with E-state index in [0.717, 1.165) is 32.9 Å². The van der Waals surface area contributed by atoms with E-state index >= 15 is 0 Å². The molecule has 0 bridgehead atoms. The van der Waals surface area contributed by atoms with Gasteiger partial charge in [-0.05, 0) is 12.5 Å². The predicted molar refractivity (Wildman–Crippen MR) is 121 cm³/mol. The topological polar surface area (TPSA) is 216 Å². The summed E-state index contributed by atoms with van der Waals surface area (Å²) in [5, 5.41) is 35.6. The van der Waals surface area contributed by atoms with E-state index in [1.807, 2.05) is 0 Å². The molecule has 16 heteroatoms. The van der Waals surface area contributed by atoms with E-state index < -0.39 is 69.8 Å². The van der Waals surface area contributed by atoms with Gasteiger partial charge < -0.3 is 34.1 Å². The minimum absolute atomic E-state index is 0.0541. The van der Waals surface area contributed by atoms with Crippen LogP contribution in [0.4, 0.5) is 17.1 Å². The molecule has 5 atom stereocenters. The van der Waals surface area contributed by atoms with Crippen molar-refractivity contribution < 1.29 is 53.0 Å². The molecule has 2 N–H and O–H groups in total. The van der Waals surface area contributed by atoms with Crippen LogP contribution in [0.2, 0.25) is 0 Å². The normalized spacial score (nSPS) is 23.0. The number of carbonyl (C=O) groups is 3. The number of anilines is 1. The van der Waals surface area contributed by atoms with Gasteiger partial charge in [0.25, 0.3) is 11.4 Å². The van der Waals surface area contributed by atoms with Crippen molar-refractivity contribution in [2.45, 2.75) is 57.9 Å². The van der Waals surface area contributed by atoms with Gasteiger partial charge in [-0.15, -0.1) is 0 Å². The van der Waals surface area contributed by atoms with Crippen LogP contribution < -0.4 is 5.32 Å². The molecule has 0 spiro atoms. The summed E-state index contributed by atoms with van der Waals surface area (Å²) in [5.74, 6) is -2.17. The molecule has 1 aromatic rings. The second kappa shape index (κ2) is 13.4. The first-order chi connectivity index (χ1) is 17.4. The summed E-state index contributed by atoms with van der Waals surface area (Å²) in [4.78, 5) is 54.9. The Labute approximate surface area is 210 Å². The zero-order chi connectivity index (χ0) is 27.7. The summed E-state index contributed by atoms with van der Waals surface area (Å²) >= 11 is 0. The third-order valence-corrected chi connectivity index (χ3v) is 4.98. The minimum Gasteiger partial charge on any atom is -0.463 e. The van der Waals surface area contributed by atoms with E-state index in [0.29, 0.717) is 0 Å². The van der Waals surface area contributed by atoms with Crippen molar-refractivity contribution in [2.75, 3.05) is 25.1 Å². The third-order valence-electron chi connectivity index (χ3n) is 4.98. The Morgan fingerprint density at radius 2 is 1.68 bits per heavy atom. The number of carbonyl (C=O) groups excluding carboxylic acids is 3. The number of nitrogens with zero attached hydrogens (tertiary/aromatic N) is 2. The second-order valence-electron chi connectivity index (χ2n) is 7.85. The van der Waals surface area contributed by atoms with Crippen LogP contribution in [0.25, 0.3) is 0 Å². The Balaban J connectivity index is 2.05. The number of esters is 3. The van der Waals surface area contributed by atoms with Gasteiger partial charge in [-0.3, -0.25) is 34.6 Å². The first-order valence-corrected chi connectivity index (χ1v) is 11.0. The number of ether oxygens (including phenoxy) is 5. The van der Waals surface area contributed by atoms with Crippen molar-refractivity contribution in [2.24, 2.45) is 0 Å². The zero-order valence-electron chi connectivity index (χ0n) is 20.2. The number of nitrogens with one attached hydrogen (secondary N) is 1. The summed E-state index contributed by atoms with van der Waals surface area (Å²) in [6.45, 7) is 3.04. The number of nitro benzene ring substituents is 2. The maximum Gasteiger partial charge on any atom is 0.303 e. The Morgan fingerprint density at radius 3 is 2.24 bits per heavy atom. The standard InChI is InChI=1S/C21H27N3O13/c1-11(25)34-10-17-19(35-12(2)26)18(28)20(36-13(3)27)21(37-17)33-8-4-7-22-15-6-5-14(23(29)30)9-16(15)24(31)32/h5-6,9,17-22,28H,4,7-8,10H2,1-3H3/t17-,18+,19-,20-,21-/m1/s1. The number of hydrogen-bond acceptors (Lipinski definition) is 14. The van der Waals surface area contributed by atoms with E-state index in [2.05, 4.69) is 5.32 Å². The highest BCUT2D eigenvalue weighted by molar-refractivity contribution is 5.67. The Morgan fingerprint density at radius 1 is 1.03 bits per heavy atom. The van der Waals surface area contributed by atoms with E-state index in [1.165, 1.54) is 6.07 Å². The molecule has 1 heterocycles. The van der Waals surface area contributed by atoms with Crippen molar-refractivity contribution in [3.05, 3.63) is 38.4 Å². The van der Waals surface area contributed by atoms with E-state index in [1.54, 1.807) is 0 Å². The number of nitro groups is 2. The van der Waals surface area contributed by atoms with Gasteiger partial charge in [0.05, 0.1) is 22.5 Å². The van der Waals surface area contributed by atoms with Crippen molar-refractivity contribution >= 4 is 35.0 Å². The van der Waals surface area contributed by atoms with Crippen molar-refractivity contribution in [3.8, 4) is 0 Å². The first kappa shape index (κ1) is 29.3. The number of benzene rings is 1. The summed E-state index contributed by atoms with van der Waals surface area (Å²) < 4.78 is 26.4. The van der Waals surface area contributed by atoms with Crippen LogP contribution in [0.1, 0.15) is 27.2 Å². The number of non-ortho nitro benzene ring substituents is 1. The van der Waals surface area contributed by atoms with Gasteiger partial charge in [0.1, 0.15) is 24.5 Å². The maximum absolute atomic E-state index is 11.6. The smallest absolute Gasteiger partial charge is 0.303 e. The molecule has 37 heavy (non-hydrogen) atoms. The van der Waals surface area contributed by atoms with E-state index in [-0.39, 0.29) is 31.9 Å². The van der Waals surface area contributed by atoms with Crippen molar-refractivity contribution in [1.82, 2.24) is 0 Å². The number of aliphatic hydroxyl groups excluding tert-OH is 1. The van der Waals surface area contributed by atoms with E-state index in [4.69, 9.17) is 23.7 Å². The first-order valence-electron chi connectivity index (χ1n) is 11.0. The molecular weight excluding hydrogens is 502 g/mol. The molecule has 1 aliphatic rings. The van der Waals surface area contributed by atoms with Gasteiger partial charge in [0.2, 0.25) is 0 Å². The predicted octanol–water partition coefficient (Wildman–Crippen LogP) is 0.834. The van der Waals surface area contributed by atoms with E-state index in [9.17, 15) is 39.7 Å². The Hall–Kier alpha value is -3.89. The van der Waals surface area contributed by atoms with Crippen LogP contribution in [0, 0.1) is 20.2 Å². The lowest BCUT2D eigenvalue weighted by molar-refractivity contribution is -0.393. The average molecular weight is 529 g/mol. The lowest BCUT2D eigenvalue weighted by atomic mass is 9.98. The van der Waals surface area contributed by atoms with Crippen LogP contribution in [0.5, 0.6) is 0 Å². The van der Waals surface area contributed by atoms with Gasteiger partial charge in [0.15, 0.2) is 18.5 Å². The summed E-state index contributed by atoms with van der Waals surface area (Å²) in [7, 11) is 0. The molecule has 204 valence electrons.